The Balaban J connectivity index is 1.01. The molecule has 10 heteroatoms. The number of hydrogen-bond acceptors (Lipinski definition) is 6. The fraction of sp³-hybridized carbons (Fsp3) is 0.805. The Hall–Kier alpha value is -2.51. The summed E-state index contributed by atoms with van der Waals surface area (Å²) in [5, 5.41) is 18.7. The third-order valence-electron chi connectivity index (χ3n) is 14.6. The number of aliphatic hydroxyl groups is 1. The second-order valence-corrected chi connectivity index (χ2v) is 18.6. The first-order chi connectivity index (χ1) is 24.3. The molecule has 2 heterocycles. The molecule has 282 valence electrons. The fourth-order valence-corrected chi connectivity index (χ4v) is 13.2. The molecule has 4 saturated carbocycles. The number of unbranched alkanes of at least 4 members (excludes halogenated alkanes) is 1. The van der Waals surface area contributed by atoms with Crippen molar-refractivity contribution in [2.24, 2.45) is 46.3 Å². The summed E-state index contributed by atoms with van der Waals surface area (Å²) in [5.74, 6) is 6.11. The van der Waals surface area contributed by atoms with Gasteiger partial charge in [0, 0.05) is 25.0 Å². The van der Waals surface area contributed by atoms with Crippen molar-refractivity contribution < 1.29 is 24.3 Å². The summed E-state index contributed by atoms with van der Waals surface area (Å²) in [5.41, 5.74) is 1.76. The van der Waals surface area contributed by atoms with Crippen molar-refractivity contribution >= 4 is 35.4 Å². The Bertz CT molecular complexity index is 1440. The summed E-state index contributed by atoms with van der Waals surface area (Å²) in [6.07, 6.45) is 18.8. The standard InChI is InChI=1S/C41H62N4O5S/c1-7-9-11-33(47)42-32(10-8-2)43-37(49)36-25(4)23-51-39-35(38(50)45(36)39)44-34(48)17-12-24(3)29-15-16-30-28-14-13-26-22-27(46)18-20-40(26,5)31(28)19-21-41(29,30)6/h2,24,26-32,35,39,46H,7,9-23H2,1,3-6H3,(H,42,47)(H,43,49)(H,44,48)/t24-,26-,27-,28+,29-,30+,31+,32?,35?,39?,40+,41-/m1/s1. The van der Waals surface area contributed by atoms with Crippen LogP contribution in [0.3, 0.4) is 0 Å². The number of thioether (sulfide) groups is 1. The minimum absolute atomic E-state index is 0.101. The van der Waals surface area contributed by atoms with Crippen molar-refractivity contribution in [3.8, 4) is 12.3 Å². The van der Waals surface area contributed by atoms with Gasteiger partial charge in [-0.15, -0.1) is 24.1 Å². The molecular formula is C41H62N4O5S. The molecule has 4 aliphatic carbocycles. The number of carbonyl (C=O) groups is 4. The van der Waals surface area contributed by atoms with Crippen molar-refractivity contribution in [3.63, 3.8) is 0 Å². The highest BCUT2D eigenvalue weighted by Crippen LogP contribution is 2.68. The van der Waals surface area contributed by atoms with Gasteiger partial charge in [0.2, 0.25) is 11.8 Å². The zero-order chi connectivity index (χ0) is 36.7. The molecule has 0 aromatic carbocycles. The van der Waals surface area contributed by atoms with Gasteiger partial charge in [-0.25, -0.2) is 0 Å². The van der Waals surface area contributed by atoms with E-state index in [1.807, 2.05) is 13.8 Å². The molecule has 6 aliphatic rings. The molecule has 4 amide bonds. The zero-order valence-corrected chi connectivity index (χ0v) is 32.4. The minimum Gasteiger partial charge on any atom is -0.393 e. The molecule has 6 rings (SSSR count). The summed E-state index contributed by atoms with van der Waals surface area (Å²) in [6.45, 7) is 11.3. The van der Waals surface area contributed by atoms with E-state index in [0.717, 1.165) is 55.4 Å². The van der Waals surface area contributed by atoms with E-state index in [4.69, 9.17) is 6.42 Å². The van der Waals surface area contributed by atoms with E-state index in [1.54, 1.807) is 11.8 Å². The number of carbonyl (C=O) groups excluding carboxylic acids is 4. The molecule has 1 saturated heterocycles. The van der Waals surface area contributed by atoms with Gasteiger partial charge in [-0.2, -0.15) is 0 Å². The van der Waals surface area contributed by atoms with Gasteiger partial charge in [-0.1, -0.05) is 34.1 Å². The van der Waals surface area contributed by atoms with Crippen LogP contribution >= 0.6 is 11.8 Å². The quantitative estimate of drug-likeness (QED) is 0.113. The van der Waals surface area contributed by atoms with Crippen molar-refractivity contribution in [2.45, 2.75) is 155 Å². The number of amides is 4. The van der Waals surface area contributed by atoms with Crippen molar-refractivity contribution in [3.05, 3.63) is 11.3 Å². The first-order valence-electron chi connectivity index (χ1n) is 20.0. The van der Waals surface area contributed by atoms with Gasteiger partial charge in [0.15, 0.2) is 0 Å². The van der Waals surface area contributed by atoms with Crippen LogP contribution in [0.4, 0.5) is 0 Å². The predicted octanol–water partition coefficient (Wildman–Crippen LogP) is 5.87. The molecule has 0 bridgehead atoms. The maximum Gasteiger partial charge on any atom is 0.269 e. The highest BCUT2D eigenvalue weighted by Gasteiger charge is 2.60. The minimum atomic E-state index is -0.730. The largest absolute Gasteiger partial charge is 0.393 e. The van der Waals surface area contributed by atoms with Crippen LogP contribution in [0.5, 0.6) is 0 Å². The highest BCUT2D eigenvalue weighted by molar-refractivity contribution is 8.00. The van der Waals surface area contributed by atoms with E-state index in [0.29, 0.717) is 47.2 Å². The average Bonchev–Trinajstić information content (AvgIpc) is 3.46. The van der Waals surface area contributed by atoms with Crippen LogP contribution in [-0.4, -0.2) is 63.1 Å². The Morgan fingerprint density at radius 2 is 1.76 bits per heavy atom. The number of fused-ring (bicyclic) bond motifs is 6. The third kappa shape index (κ3) is 7.24. The normalized spacial score (nSPS) is 38.1. The van der Waals surface area contributed by atoms with Gasteiger partial charge in [-0.05, 0) is 129 Å². The lowest BCUT2D eigenvalue weighted by atomic mass is 9.44. The van der Waals surface area contributed by atoms with Crippen LogP contribution in [0.2, 0.25) is 0 Å². The van der Waals surface area contributed by atoms with Crippen LogP contribution in [0.1, 0.15) is 131 Å². The molecule has 3 unspecified atom stereocenters. The molecule has 0 spiro atoms. The van der Waals surface area contributed by atoms with Gasteiger partial charge >= 0.3 is 0 Å². The van der Waals surface area contributed by atoms with Crippen LogP contribution in [0.15, 0.2) is 11.3 Å². The van der Waals surface area contributed by atoms with Gasteiger partial charge in [-0.3, -0.25) is 24.1 Å². The van der Waals surface area contributed by atoms with E-state index >= 15 is 0 Å². The number of terminal acetylenes is 1. The smallest absolute Gasteiger partial charge is 0.269 e. The second kappa shape index (κ2) is 15.5. The number of nitrogens with zero attached hydrogens (tertiary/aromatic N) is 1. The fourth-order valence-electron chi connectivity index (χ4n) is 11.9. The lowest BCUT2D eigenvalue weighted by Crippen LogP contribution is -2.71. The van der Waals surface area contributed by atoms with Gasteiger partial charge in [0.05, 0.1) is 6.10 Å². The summed E-state index contributed by atoms with van der Waals surface area (Å²) in [4.78, 5) is 54.1. The van der Waals surface area contributed by atoms with E-state index in [2.05, 4.69) is 42.6 Å². The lowest BCUT2D eigenvalue weighted by Gasteiger charge is -2.61. The Labute approximate surface area is 310 Å². The monoisotopic (exact) mass is 722 g/mol. The Morgan fingerprint density at radius 3 is 2.51 bits per heavy atom. The third-order valence-corrected chi connectivity index (χ3v) is 16.1. The van der Waals surface area contributed by atoms with Crippen LogP contribution < -0.4 is 16.0 Å². The zero-order valence-electron chi connectivity index (χ0n) is 31.6. The number of β-lactam (4-membered cyclic amide) rings is 1. The molecule has 12 atom stereocenters. The summed E-state index contributed by atoms with van der Waals surface area (Å²) in [6, 6.07) is -0.662. The maximum absolute atomic E-state index is 13.5. The van der Waals surface area contributed by atoms with Crippen LogP contribution in [0, 0.1) is 58.7 Å². The summed E-state index contributed by atoms with van der Waals surface area (Å²) < 4.78 is 0. The molecule has 0 aromatic heterocycles. The van der Waals surface area contributed by atoms with Crippen molar-refractivity contribution in [1.29, 1.82) is 0 Å². The number of nitrogens with one attached hydrogen (secondary N) is 3. The van der Waals surface area contributed by atoms with Gasteiger partial charge < -0.3 is 21.1 Å². The molecule has 4 N–H and O–H groups in total. The van der Waals surface area contributed by atoms with E-state index < -0.39 is 18.1 Å². The molecule has 0 radical (unpaired) electrons. The van der Waals surface area contributed by atoms with Crippen LogP contribution in [0.25, 0.3) is 0 Å². The predicted molar refractivity (Wildman–Crippen MR) is 200 cm³/mol. The molecule has 2 aliphatic heterocycles. The van der Waals surface area contributed by atoms with Crippen molar-refractivity contribution in [2.75, 3.05) is 5.75 Å². The summed E-state index contributed by atoms with van der Waals surface area (Å²) >= 11 is 1.56. The van der Waals surface area contributed by atoms with E-state index in [9.17, 15) is 24.3 Å². The first kappa shape index (κ1) is 38.2. The van der Waals surface area contributed by atoms with Crippen LogP contribution in [-0.2, 0) is 19.2 Å². The average molecular weight is 723 g/mol. The highest BCUT2D eigenvalue weighted by atomic mass is 32.2. The van der Waals surface area contributed by atoms with Gasteiger partial charge in [0.25, 0.3) is 11.8 Å². The van der Waals surface area contributed by atoms with E-state index in [1.165, 1.54) is 49.8 Å². The molecule has 0 aromatic rings. The molecular weight excluding hydrogens is 661 g/mol. The molecule has 5 fully saturated rings. The van der Waals surface area contributed by atoms with Gasteiger partial charge in [0.1, 0.15) is 23.3 Å². The number of rotatable bonds is 12. The molecule has 9 nitrogen and oxygen atoms in total. The lowest BCUT2D eigenvalue weighted by molar-refractivity contribution is -0.148. The summed E-state index contributed by atoms with van der Waals surface area (Å²) in [7, 11) is 0. The Kier molecular flexibility index (Phi) is 11.6. The SMILES string of the molecule is C#CCC(NC(=O)CCCC)NC(=O)C1=C(C)CSC2C(NC(=O)CC[C@@H](C)[C@H]3CC[C@H]4[C@@H]5CC[C@@H]6C[C@H](O)CC[C@]6(C)[C@H]5CC[C@]34C)C(=O)N12. The first-order valence-corrected chi connectivity index (χ1v) is 21.0. The Morgan fingerprint density at radius 1 is 1.02 bits per heavy atom. The number of hydrogen-bond donors (Lipinski definition) is 4. The van der Waals surface area contributed by atoms with Crippen molar-refractivity contribution in [1.82, 2.24) is 20.9 Å². The topological polar surface area (TPSA) is 128 Å². The molecule has 51 heavy (non-hydrogen) atoms. The van der Waals surface area contributed by atoms with E-state index in [-0.39, 0.29) is 41.3 Å². The maximum atomic E-state index is 13.5. The second-order valence-electron chi connectivity index (χ2n) is 17.5. The number of aliphatic hydroxyl groups excluding tert-OH is 1.